The lowest BCUT2D eigenvalue weighted by Gasteiger charge is -2.39. The summed E-state index contributed by atoms with van der Waals surface area (Å²) in [6.07, 6.45) is 13.2. The number of thiophene rings is 1. The van der Waals surface area contributed by atoms with Crippen molar-refractivity contribution in [2.24, 2.45) is 11.8 Å². The van der Waals surface area contributed by atoms with Crippen molar-refractivity contribution in [3.05, 3.63) is 20.8 Å². The summed E-state index contributed by atoms with van der Waals surface area (Å²) in [7, 11) is 0. The summed E-state index contributed by atoms with van der Waals surface area (Å²) >= 11 is 5.43. The largest absolute Gasteiger partial charge is 0.309 e. The first-order chi connectivity index (χ1) is 9.83. The second-order valence-electron chi connectivity index (χ2n) is 6.54. The molecule has 2 unspecified atom stereocenters. The van der Waals surface area contributed by atoms with Gasteiger partial charge in [-0.3, -0.25) is 0 Å². The fraction of sp³-hybridized carbons (Fsp3) is 0.765. The molecule has 0 saturated heterocycles. The number of nitrogens with one attached hydrogen (secondary N) is 1. The zero-order chi connectivity index (χ0) is 13.8. The van der Waals surface area contributed by atoms with Gasteiger partial charge in [0.2, 0.25) is 0 Å². The first-order valence-electron chi connectivity index (χ1n) is 8.30. The molecule has 0 amide bonds. The van der Waals surface area contributed by atoms with Gasteiger partial charge in [0.1, 0.15) is 0 Å². The lowest BCUT2D eigenvalue weighted by Crippen LogP contribution is -2.42. The fourth-order valence-corrected chi connectivity index (χ4v) is 5.65. The zero-order valence-corrected chi connectivity index (χ0v) is 14.6. The van der Waals surface area contributed by atoms with E-state index in [2.05, 4.69) is 33.4 Å². The van der Waals surface area contributed by atoms with Crippen LogP contribution in [0.25, 0.3) is 0 Å². The Hall–Kier alpha value is 0.140. The molecule has 2 aliphatic carbocycles. The van der Waals surface area contributed by atoms with Crippen LogP contribution in [0.5, 0.6) is 0 Å². The monoisotopic (exact) mass is 355 g/mol. The van der Waals surface area contributed by atoms with Gasteiger partial charge in [0.15, 0.2) is 0 Å². The van der Waals surface area contributed by atoms with Gasteiger partial charge in [-0.2, -0.15) is 0 Å². The van der Waals surface area contributed by atoms with Crippen LogP contribution in [-0.2, 0) is 6.54 Å². The molecule has 0 spiro atoms. The maximum absolute atomic E-state index is 3.89. The Kier molecular flexibility index (Phi) is 5.58. The highest BCUT2D eigenvalue weighted by atomic mass is 79.9. The van der Waals surface area contributed by atoms with Gasteiger partial charge < -0.3 is 5.32 Å². The van der Waals surface area contributed by atoms with Crippen LogP contribution >= 0.6 is 27.3 Å². The molecule has 1 heterocycles. The van der Waals surface area contributed by atoms with Crippen LogP contribution in [0.3, 0.4) is 0 Å². The highest BCUT2D eigenvalue weighted by Crippen LogP contribution is 2.38. The van der Waals surface area contributed by atoms with Crippen LogP contribution in [0.1, 0.15) is 62.7 Å². The third kappa shape index (κ3) is 3.86. The highest BCUT2D eigenvalue weighted by molar-refractivity contribution is 9.11. The fourth-order valence-electron chi connectivity index (χ4n) is 4.22. The van der Waals surface area contributed by atoms with Crippen molar-refractivity contribution in [2.45, 2.75) is 70.4 Å². The van der Waals surface area contributed by atoms with Gasteiger partial charge in [0.25, 0.3) is 0 Å². The Balaban J connectivity index is 1.57. The molecule has 0 radical (unpaired) electrons. The average Bonchev–Trinajstić information content (AvgIpc) is 2.92. The summed E-state index contributed by atoms with van der Waals surface area (Å²) in [6.45, 7) is 1.06. The van der Waals surface area contributed by atoms with Gasteiger partial charge >= 0.3 is 0 Å². The van der Waals surface area contributed by atoms with Gasteiger partial charge in [-0.25, -0.2) is 0 Å². The van der Waals surface area contributed by atoms with Gasteiger partial charge in [-0.05, 0) is 52.7 Å². The Bertz CT molecular complexity index is 411. The molecule has 1 aromatic rings. The van der Waals surface area contributed by atoms with Gasteiger partial charge in [0, 0.05) is 17.5 Å². The van der Waals surface area contributed by atoms with E-state index in [1.807, 2.05) is 11.3 Å². The third-order valence-corrected chi connectivity index (χ3v) is 6.87. The molecule has 3 rings (SSSR count). The molecule has 1 N–H and O–H groups in total. The lowest BCUT2D eigenvalue weighted by atomic mass is 9.71. The predicted molar refractivity (Wildman–Crippen MR) is 91.2 cm³/mol. The Labute approximate surface area is 135 Å². The van der Waals surface area contributed by atoms with Crippen LogP contribution in [0.15, 0.2) is 15.9 Å². The Morgan fingerprint density at radius 2 is 1.75 bits per heavy atom. The van der Waals surface area contributed by atoms with Crippen molar-refractivity contribution in [3.8, 4) is 0 Å². The molecule has 2 atom stereocenters. The number of rotatable bonds is 4. The van der Waals surface area contributed by atoms with E-state index < -0.39 is 0 Å². The molecule has 112 valence electrons. The lowest BCUT2D eigenvalue weighted by molar-refractivity contribution is 0.149. The van der Waals surface area contributed by atoms with Crippen molar-refractivity contribution in [3.63, 3.8) is 0 Å². The SMILES string of the molecule is Brc1ccc(CNC2CCCCC2C2CCCCC2)s1. The van der Waals surface area contributed by atoms with Crippen molar-refractivity contribution in [1.29, 1.82) is 0 Å². The topological polar surface area (TPSA) is 12.0 Å². The van der Waals surface area contributed by atoms with Crippen LogP contribution < -0.4 is 5.32 Å². The van der Waals surface area contributed by atoms with Crippen LogP contribution in [-0.4, -0.2) is 6.04 Å². The minimum atomic E-state index is 0.771. The molecule has 2 aliphatic rings. The molecule has 0 aromatic carbocycles. The minimum Gasteiger partial charge on any atom is -0.309 e. The number of hydrogen-bond donors (Lipinski definition) is 1. The smallest absolute Gasteiger partial charge is 0.0701 e. The summed E-state index contributed by atoms with van der Waals surface area (Å²) < 4.78 is 1.25. The maximum Gasteiger partial charge on any atom is 0.0701 e. The first-order valence-corrected chi connectivity index (χ1v) is 9.91. The molecule has 20 heavy (non-hydrogen) atoms. The minimum absolute atomic E-state index is 0.771. The van der Waals surface area contributed by atoms with E-state index in [1.165, 1.54) is 66.5 Å². The average molecular weight is 356 g/mol. The van der Waals surface area contributed by atoms with Gasteiger partial charge in [-0.1, -0.05) is 44.9 Å². The van der Waals surface area contributed by atoms with Crippen LogP contribution in [0.2, 0.25) is 0 Å². The zero-order valence-electron chi connectivity index (χ0n) is 12.2. The van der Waals surface area contributed by atoms with Crippen molar-refractivity contribution in [2.75, 3.05) is 0 Å². The first kappa shape index (κ1) is 15.1. The van der Waals surface area contributed by atoms with Crippen LogP contribution in [0, 0.1) is 11.8 Å². The maximum atomic E-state index is 3.89. The molecule has 1 aromatic heterocycles. The highest BCUT2D eigenvalue weighted by Gasteiger charge is 2.32. The van der Waals surface area contributed by atoms with E-state index in [-0.39, 0.29) is 0 Å². The Morgan fingerprint density at radius 1 is 1.00 bits per heavy atom. The second kappa shape index (κ2) is 7.42. The molecule has 3 heteroatoms. The molecular formula is C17H26BrNS. The van der Waals surface area contributed by atoms with Crippen LogP contribution in [0.4, 0.5) is 0 Å². The third-order valence-electron chi connectivity index (χ3n) is 5.24. The summed E-state index contributed by atoms with van der Waals surface area (Å²) in [5.74, 6) is 1.96. The summed E-state index contributed by atoms with van der Waals surface area (Å²) in [4.78, 5) is 1.46. The number of halogens is 1. The molecule has 1 nitrogen and oxygen atoms in total. The van der Waals surface area contributed by atoms with E-state index in [1.54, 1.807) is 0 Å². The molecule has 2 saturated carbocycles. The van der Waals surface area contributed by atoms with E-state index in [0.29, 0.717) is 0 Å². The van der Waals surface area contributed by atoms with E-state index in [0.717, 1.165) is 24.4 Å². The van der Waals surface area contributed by atoms with Gasteiger partial charge in [0.05, 0.1) is 3.79 Å². The molecule has 0 bridgehead atoms. The predicted octanol–water partition coefficient (Wildman–Crippen LogP) is 5.74. The standard InChI is InChI=1S/C17H26BrNS/c18-17-11-10-14(20-17)12-19-16-9-5-4-8-15(16)13-6-2-1-3-7-13/h10-11,13,15-16,19H,1-9,12H2. The van der Waals surface area contributed by atoms with Crippen molar-refractivity contribution >= 4 is 27.3 Å². The quantitative estimate of drug-likeness (QED) is 0.725. The molecular weight excluding hydrogens is 330 g/mol. The normalized spacial score (nSPS) is 28.6. The summed E-state index contributed by atoms with van der Waals surface area (Å²) in [6, 6.07) is 5.19. The van der Waals surface area contributed by atoms with Crippen molar-refractivity contribution < 1.29 is 0 Å². The second-order valence-corrected chi connectivity index (χ2v) is 9.09. The van der Waals surface area contributed by atoms with Gasteiger partial charge in [-0.15, -0.1) is 11.3 Å². The van der Waals surface area contributed by atoms with E-state index in [9.17, 15) is 0 Å². The summed E-state index contributed by atoms with van der Waals surface area (Å²) in [5, 5.41) is 3.89. The van der Waals surface area contributed by atoms with E-state index in [4.69, 9.17) is 0 Å². The number of hydrogen-bond acceptors (Lipinski definition) is 2. The molecule has 2 fully saturated rings. The van der Waals surface area contributed by atoms with E-state index >= 15 is 0 Å². The molecule has 0 aliphatic heterocycles. The van der Waals surface area contributed by atoms with Crippen molar-refractivity contribution in [1.82, 2.24) is 5.32 Å². The summed E-state index contributed by atoms with van der Waals surface area (Å²) in [5.41, 5.74) is 0. The Morgan fingerprint density at radius 3 is 2.50 bits per heavy atom.